The molecule has 0 aliphatic rings. The summed E-state index contributed by atoms with van der Waals surface area (Å²) in [6.45, 7) is 0. The van der Waals surface area contributed by atoms with Gasteiger partial charge in [-0.3, -0.25) is 0 Å². The second-order valence-corrected chi connectivity index (χ2v) is 12.3. The summed E-state index contributed by atoms with van der Waals surface area (Å²) >= 11 is 3.80. The Morgan fingerprint density at radius 2 is 1.13 bits per heavy atom. The molecule has 0 bridgehead atoms. The summed E-state index contributed by atoms with van der Waals surface area (Å²) in [5.74, 6) is 0. The lowest BCUT2D eigenvalue weighted by atomic mass is 9.96. The molecule has 39 heavy (non-hydrogen) atoms. The van der Waals surface area contributed by atoms with Crippen molar-refractivity contribution in [1.82, 2.24) is 4.57 Å². The van der Waals surface area contributed by atoms with Gasteiger partial charge in [0.25, 0.3) is 0 Å². The molecule has 0 aliphatic carbocycles. The van der Waals surface area contributed by atoms with Crippen LogP contribution in [0.15, 0.2) is 127 Å². The highest BCUT2D eigenvalue weighted by molar-refractivity contribution is 7.27. The molecular weight excluding hydrogens is 511 g/mol. The van der Waals surface area contributed by atoms with E-state index in [9.17, 15) is 0 Å². The third kappa shape index (κ3) is 3.00. The van der Waals surface area contributed by atoms with Gasteiger partial charge in [0, 0.05) is 52.1 Å². The molecule has 9 aromatic rings. The lowest BCUT2D eigenvalue weighted by molar-refractivity contribution is 1.19. The normalized spacial score (nSPS) is 12.1. The zero-order valence-electron chi connectivity index (χ0n) is 20.9. The van der Waals surface area contributed by atoms with E-state index in [2.05, 4.69) is 132 Å². The largest absolute Gasteiger partial charge is 0.308 e. The molecule has 0 saturated heterocycles. The van der Waals surface area contributed by atoms with E-state index in [-0.39, 0.29) is 0 Å². The Bertz CT molecular complexity index is 2390. The minimum atomic E-state index is 1.20. The van der Waals surface area contributed by atoms with Crippen molar-refractivity contribution in [3.05, 3.63) is 127 Å². The van der Waals surface area contributed by atoms with Crippen LogP contribution in [0.5, 0.6) is 0 Å². The first kappa shape index (κ1) is 21.5. The highest BCUT2D eigenvalue weighted by Crippen LogP contribution is 2.48. The lowest BCUT2D eigenvalue weighted by Gasteiger charge is -2.11. The van der Waals surface area contributed by atoms with Gasteiger partial charge in [0.1, 0.15) is 0 Å². The van der Waals surface area contributed by atoms with Gasteiger partial charge in [0.2, 0.25) is 0 Å². The second kappa shape index (κ2) is 8.03. The molecule has 0 atom stereocenters. The van der Waals surface area contributed by atoms with Crippen LogP contribution in [0, 0.1) is 0 Å². The number of hydrogen-bond acceptors (Lipinski definition) is 2. The Hall–Kier alpha value is -4.44. The molecule has 3 heterocycles. The summed E-state index contributed by atoms with van der Waals surface area (Å²) in [6.07, 6.45) is 0. The molecule has 0 radical (unpaired) electrons. The van der Waals surface area contributed by atoms with E-state index in [0.717, 1.165) is 0 Å². The second-order valence-electron chi connectivity index (χ2n) is 10.1. The minimum Gasteiger partial charge on any atom is -0.308 e. The molecule has 182 valence electrons. The van der Waals surface area contributed by atoms with Crippen molar-refractivity contribution in [2.24, 2.45) is 0 Å². The van der Waals surface area contributed by atoms with Gasteiger partial charge < -0.3 is 4.57 Å². The maximum Gasteiger partial charge on any atom is 0.0720 e. The fourth-order valence-electron chi connectivity index (χ4n) is 6.30. The van der Waals surface area contributed by atoms with Crippen molar-refractivity contribution in [2.75, 3.05) is 0 Å². The van der Waals surface area contributed by atoms with Crippen molar-refractivity contribution in [2.45, 2.75) is 0 Å². The zero-order valence-corrected chi connectivity index (χ0v) is 22.5. The van der Waals surface area contributed by atoms with E-state index >= 15 is 0 Å². The van der Waals surface area contributed by atoms with Crippen molar-refractivity contribution >= 4 is 84.8 Å². The van der Waals surface area contributed by atoms with Crippen LogP contribution in [0.3, 0.4) is 0 Å². The van der Waals surface area contributed by atoms with Gasteiger partial charge in [-0.05, 0) is 53.6 Å². The molecule has 0 saturated carbocycles. The lowest BCUT2D eigenvalue weighted by Crippen LogP contribution is -1.93. The quantitative estimate of drug-likeness (QED) is 0.209. The molecule has 1 nitrogen and oxygen atoms in total. The predicted molar refractivity (Wildman–Crippen MR) is 172 cm³/mol. The van der Waals surface area contributed by atoms with Gasteiger partial charge in [-0.2, -0.15) is 0 Å². The number of rotatable bonds is 2. The number of benzene rings is 6. The molecule has 0 spiro atoms. The van der Waals surface area contributed by atoms with Crippen LogP contribution in [0.4, 0.5) is 0 Å². The summed E-state index contributed by atoms with van der Waals surface area (Å²) in [6, 6.07) is 46.8. The van der Waals surface area contributed by atoms with E-state index in [1.165, 1.54) is 79.0 Å². The number of thiophene rings is 2. The Balaban J connectivity index is 1.47. The molecule has 3 heteroatoms. The van der Waals surface area contributed by atoms with E-state index in [1.807, 2.05) is 22.7 Å². The van der Waals surface area contributed by atoms with E-state index < -0.39 is 0 Å². The predicted octanol–water partition coefficient (Wildman–Crippen LogP) is 11.2. The van der Waals surface area contributed by atoms with Gasteiger partial charge >= 0.3 is 0 Å². The smallest absolute Gasteiger partial charge is 0.0720 e. The number of nitrogens with zero attached hydrogens (tertiary/aromatic N) is 1. The summed E-state index contributed by atoms with van der Waals surface area (Å²) in [7, 11) is 0. The molecule has 6 aromatic carbocycles. The molecule has 0 fully saturated rings. The fraction of sp³-hybridized carbons (Fsp3) is 0. The van der Waals surface area contributed by atoms with Gasteiger partial charge in [0.05, 0.1) is 15.7 Å². The standard InChI is InChI=1S/C36H21NS2/c1-2-10-23(11-3-1)37-30-15-7-4-12-24(30)29-21-28(34-27-14-6-9-17-32(27)39-36(34)35(29)37)22-18-19-26-25-13-5-8-16-31(25)38-33(26)20-22/h1-21H. The SMILES string of the molecule is c1ccc(-n2c3ccccc3c3cc(-c4ccc5c(c4)sc4ccccc45)c4c5ccccc5sc4c32)cc1. The molecular formula is C36H21NS2. The van der Waals surface area contributed by atoms with Gasteiger partial charge in [-0.1, -0.05) is 84.9 Å². The first-order valence-corrected chi connectivity index (χ1v) is 14.8. The molecule has 0 aliphatic heterocycles. The van der Waals surface area contributed by atoms with Crippen LogP contribution in [0.2, 0.25) is 0 Å². The maximum atomic E-state index is 2.46. The van der Waals surface area contributed by atoms with Crippen LogP contribution >= 0.6 is 22.7 Å². The Kier molecular flexibility index (Phi) is 4.43. The van der Waals surface area contributed by atoms with Gasteiger partial charge in [-0.25, -0.2) is 0 Å². The van der Waals surface area contributed by atoms with Crippen LogP contribution in [0.25, 0.3) is 79.0 Å². The van der Waals surface area contributed by atoms with Gasteiger partial charge in [-0.15, -0.1) is 22.7 Å². The van der Waals surface area contributed by atoms with Crippen molar-refractivity contribution in [1.29, 1.82) is 0 Å². The third-order valence-electron chi connectivity index (χ3n) is 7.99. The van der Waals surface area contributed by atoms with Crippen molar-refractivity contribution in [3.63, 3.8) is 0 Å². The minimum absolute atomic E-state index is 1.20. The first-order chi connectivity index (χ1) is 19.3. The number of fused-ring (bicyclic) bond motifs is 10. The van der Waals surface area contributed by atoms with Gasteiger partial charge in [0.15, 0.2) is 0 Å². The topological polar surface area (TPSA) is 4.93 Å². The molecule has 0 N–H and O–H groups in total. The number of para-hydroxylation sites is 2. The molecule has 0 amide bonds. The third-order valence-corrected chi connectivity index (χ3v) is 10.3. The maximum absolute atomic E-state index is 2.46. The average Bonchev–Trinajstić information content (AvgIpc) is 3.66. The molecule has 9 rings (SSSR count). The van der Waals surface area contributed by atoms with Crippen molar-refractivity contribution < 1.29 is 0 Å². The Labute approximate surface area is 232 Å². The number of hydrogen-bond donors (Lipinski definition) is 0. The number of aromatic nitrogens is 1. The first-order valence-electron chi connectivity index (χ1n) is 13.2. The van der Waals surface area contributed by atoms with E-state index in [4.69, 9.17) is 0 Å². The van der Waals surface area contributed by atoms with Crippen LogP contribution in [-0.2, 0) is 0 Å². The monoisotopic (exact) mass is 531 g/mol. The van der Waals surface area contributed by atoms with Crippen molar-refractivity contribution in [3.8, 4) is 16.8 Å². The highest BCUT2D eigenvalue weighted by Gasteiger charge is 2.21. The Morgan fingerprint density at radius 1 is 0.462 bits per heavy atom. The zero-order chi connectivity index (χ0) is 25.5. The summed E-state index contributed by atoms with van der Waals surface area (Å²) in [5.41, 5.74) is 6.33. The van der Waals surface area contributed by atoms with Crippen LogP contribution in [-0.4, -0.2) is 4.57 Å². The molecule has 0 unspecified atom stereocenters. The van der Waals surface area contributed by atoms with Crippen LogP contribution < -0.4 is 0 Å². The summed E-state index contributed by atoms with van der Waals surface area (Å²) in [4.78, 5) is 0. The highest BCUT2D eigenvalue weighted by atomic mass is 32.1. The fourth-order valence-corrected chi connectivity index (χ4v) is 8.71. The molecule has 3 aromatic heterocycles. The average molecular weight is 532 g/mol. The van der Waals surface area contributed by atoms with Crippen LogP contribution in [0.1, 0.15) is 0 Å². The summed E-state index contributed by atoms with van der Waals surface area (Å²) < 4.78 is 7.82. The Morgan fingerprint density at radius 3 is 1.97 bits per heavy atom. The van der Waals surface area contributed by atoms with E-state index in [1.54, 1.807) is 0 Å². The summed E-state index contributed by atoms with van der Waals surface area (Å²) in [5, 5.41) is 7.96. The van der Waals surface area contributed by atoms with E-state index in [0.29, 0.717) is 0 Å².